The van der Waals surface area contributed by atoms with Crippen LogP contribution in [0.15, 0.2) is 94.6 Å². The second kappa shape index (κ2) is 10.3. The van der Waals surface area contributed by atoms with E-state index in [1.54, 1.807) is 54.6 Å². The van der Waals surface area contributed by atoms with Crippen molar-refractivity contribution >= 4 is 22.7 Å². The van der Waals surface area contributed by atoms with Gasteiger partial charge in [0.1, 0.15) is 23.8 Å². The van der Waals surface area contributed by atoms with Gasteiger partial charge in [-0.2, -0.15) is 0 Å². The van der Waals surface area contributed by atoms with E-state index in [9.17, 15) is 19.1 Å². The number of carbonyl (C=O) groups excluding carboxylic acids is 2. The second-order valence-electron chi connectivity index (χ2n) is 8.62. The van der Waals surface area contributed by atoms with Crippen LogP contribution in [-0.4, -0.2) is 42.0 Å². The van der Waals surface area contributed by atoms with Gasteiger partial charge in [0, 0.05) is 19.0 Å². The molecule has 8 heteroatoms. The molecule has 0 aliphatic carbocycles. The maximum absolute atomic E-state index is 13.6. The number of fused-ring (bicyclic) bond motifs is 1. The molecule has 0 radical (unpaired) electrons. The quantitative estimate of drug-likeness (QED) is 0.310. The Balaban J connectivity index is 1.49. The van der Waals surface area contributed by atoms with Crippen LogP contribution >= 0.6 is 0 Å². The summed E-state index contributed by atoms with van der Waals surface area (Å²) in [6.07, 6.45) is 0. The van der Waals surface area contributed by atoms with Crippen molar-refractivity contribution in [1.82, 2.24) is 4.90 Å². The minimum Gasteiger partial charge on any atom is -0.503 e. The SMILES string of the molecule is COCCN1C(=O)C(O)=C(C(=O)c2cc3ccccc3o2)C1c1cccc(OCc2ccc(F)cc2)c1. The van der Waals surface area contributed by atoms with Crippen LogP contribution in [0.5, 0.6) is 5.75 Å². The number of nitrogens with zero attached hydrogens (tertiary/aromatic N) is 1. The number of aliphatic hydroxyl groups is 1. The number of para-hydroxylation sites is 1. The maximum Gasteiger partial charge on any atom is 0.290 e. The first-order valence-corrected chi connectivity index (χ1v) is 11.7. The van der Waals surface area contributed by atoms with Gasteiger partial charge >= 0.3 is 0 Å². The van der Waals surface area contributed by atoms with Crippen LogP contribution in [0.25, 0.3) is 11.0 Å². The van der Waals surface area contributed by atoms with Crippen molar-refractivity contribution in [2.45, 2.75) is 12.6 Å². The number of amides is 1. The van der Waals surface area contributed by atoms with Crippen molar-refractivity contribution < 1.29 is 33.0 Å². The van der Waals surface area contributed by atoms with Crippen LogP contribution in [0, 0.1) is 5.82 Å². The average molecular weight is 502 g/mol. The molecule has 1 N–H and O–H groups in total. The van der Waals surface area contributed by atoms with E-state index in [0.717, 1.165) is 10.9 Å². The molecule has 188 valence electrons. The monoisotopic (exact) mass is 501 g/mol. The molecule has 0 bridgehead atoms. The zero-order valence-corrected chi connectivity index (χ0v) is 20.0. The molecule has 1 aliphatic heterocycles. The number of ether oxygens (including phenoxy) is 2. The molecule has 3 aromatic carbocycles. The van der Waals surface area contributed by atoms with Gasteiger partial charge in [0.25, 0.3) is 5.91 Å². The Morgan fingerprint density at radius 1 is 1.05 bits per heavy atom. The van der Waals surface area contributed by atoms with E-state index >= 15 is 0 Å². The highest BCUT2D eigenvalue weighted by Crippen LogP contribution is 2.40. The van der Waals surface area contributed by atoms with E-state index in [-0.39, 0.29) is 36.9 Å². The van der Waals surface area contributed by atoms with E-state index in [4.69, 9.17) is 13.9 Å². The summed E-state index contributed by atoms with van der Waals surface area (Å²) in [7, 11) is 1.51. The Morgan fingerprint density at radius 3 is 2.59 bits per heavy atom. The standard InChI is InChI=1S/C29H24FNO6/c1-35-14-13-31-26(20-6-4-7-22(15-20)36-17-18-9-11-21(30)12-10-18)25(28(33)29(31)34)27(32)24-16-19-5-2-3-8-23(19)37-24/h2-12,15-16,26,33H,13-14,17H2,1H3. The number of benzene rings is 3. The molecular weight excluding hydrogens is 477 g/mol. The van der Waals surface area contributed by atoms with Crippen LogP contribution in [0.1, 0.15) is 27.7 Å². The molecular formula is C29H24FNO6. The highest BCUT2D eigenvalue weighted by atomic mass is 19.1. The molecule has 1 amide bonds. The van der Waals surface area contributed by atoms with Gasteiger partial charge in [-0.25, -0.2) is 4.39 Å². The second-order valence-corrected chi connectivity index (χ2v) is 8.62. The van der Waals surface area contributed by atoms with Crippen molar-refractivity contribution in [2.24, 2.45) is 0 Å². The van der Waals surface area contributed by atoms with E-state index in [2.05, 4.69) is 0 Å². The third-order valence-corrected chi connectivity index (χ3v) is 6.23. The van der Waals surface area contributed by atoms with Crippen LogP contribution < -0.4 is 4.74 Å². The summed E-state index contributed by atoms with van der Waals surface area (Å²) in [6, 6.07) is 20.8. The first-order valence-electron chi connectivity index (χ1n) is 11.7. The fraction of sp³-hybridized carbons (Fsp3) is 0.172. The van der Waals surface area contributed by atoms with Crippen molar-refractivity contribution in [2.75, 3.05) is 20.3 Å². The van der Waals surface area contributed by atoms with Gasteiger partial charge in [0.2, 0.25) is 5.78 Å². The number of rotatable bonds is 9. The van der Waals surface area contributed by atoms with E-state index in [1.165, 1.54) is 24.1 Å². The van der Waals surface area contributed by atoms with Crippen LogP contribution in [0.2, 0.25) is 0 Å². The number of hydrogen-bond donors (Lipinski definition) is 1. The van der Waals surface area contributed by atoms with Crippen molar-refractivity contribution in [3.63, 3.8) is 0 Å². The average Bonchev–Trinajstić information content (AvgIpc) is 3.46. The molecule has 5 rings (SSSR count). The van der Waals surface area contributed by atoms with Crippen LogP contribution in [-0.2, 0) is 16.1 Å². The molecule has 1 aromatic heterocycles. The number of ketones is 1. The highest BCUT2D eigenvalue weighted by molar-refractivity contribution is 6.16. The summed E-state index contributed by atoms with van der Waals surface area (Å²) < 4.78 is 30.0. The fourth-order valence-electron chi connectivity index (χ4n) is 4.40. The summed E-state index contributed by atoms with van der Waals surface area (Å²) in [5, 5.41) is 11.6. The van der Waals surface area contributed by atoms with Gasteiger partial charge in [-0.15, -0.1) is 0 Å². The Morgan fingerprint density at radius 2 is 1.84 bits per heavy atom. The summed E-state index contributed by atoms with van der Waals surface area (Å²) in [6.45, 7) is 0.566. The molecule has 1 atom stereocenters. The third kappa shape index (κ3) is 4.83. The van der Waals surface area contributed by atoms with Gasteiger partial charge in [-0.3, -0.25) is 9.59 Å². The molecule has 1 unspecified atom stereocenters. The zero-order chi connectivity index (χ0) is 25.9. The first kappa shape index (κ1) is 24.3. The van der Waals surface area contributed by atoms with Gasteiger partial charge in [0.05, 0.1) is 18.2 Å². The number of furan rings is 1. The van der Waals surface area contributed by atoms with Gasteiger partial charge in [0.15, 0.2) is 11.5 Å². The molecule has 0 saturated carbocycles. The van der Waals surface area contributed by atoms with Crippen molar-refractivity contribution in [3.05, 3.63) is 113 Å². The maximum atomic E-state index is 13.6. The topological polar surface area (TPSA) is 89.2 Å². The van der Waals surface area contributed by atoms with Crippen molar-refractivity contribution in [1.29, 1.82) is 0 Å². The molecule has 2 heterocycles. The third-order valence-electron chi connectivity index (χ3n) is 6.23. The van der Waals surface area contributed by atoms with E-state index in [1.807, 2.05) is 12.1 Å². The lowest BCUT2D eigenvalue weighted by Crippen LogP contribution is -2.34. The minimum absolute atomic E-state index is 0.0258. The van der Waals surface area contributed by atoms with Crippen LogP contribution in [0.4, 0.5) is 4.39 Å². The number of carbonyl (C=O) groups is 2. The molecule has 1 aliphatic rings. The number of methoxy groups -OCH3 is 1. The molecule has 0 fully saturated rings. The molecule has 37 heavy (non-hydrogen) atoms. The summed E-state index contributed by atoms with van der Waals surface area (Å²) >= 11 is 0. The van der Waals surface area contributed by atoms with Gasteiger partial charge < -0.3 is 23.9 Å². The largest absolute Gasteiger partial charge is 0.503 e. The number of aliphatic hydroxyl groups excluding tert-OH is 1. The smallest absolute Gasteiger partial charge is 0.290 e. The van der Waals surface area contributed by atoms with E-state index < -0.39 is 23.5 Å². The summed E-state index contributed by atoms with van der Waals surface area (Å²) in [5.41, 5.74) is 1.81. The van der Waals surface area contributed by atoms with Crippen molar-refractivity contribution in [3.8, 4) is 5.75 Å². The lowest BCUT2D eigenvalue weighted by atomic mass is 9.95. The Bertz CT molecular complexity index is 1460. The lowest BCUT2D eigenvalue weighted by molar-refractivity contribution is -0.130. The lowest BCUT2D eigenvalue weighted by Gasteiger charge is -2.26. The number of Topliss-reactive ketones (excluding diaryl/α,β-unsaturated/α-hetero) is 1. The molecule has 4 aromatic rings. The molecule has 0 saturated heterocycles. The molecule has 0 spiro atoms. The first-order chi connectivity index (χ1) is 18.0. The van der Waals surface area contributed by atoms with Crippen LogP contribution in [0.3, 0.4) is 0 Å². The highest BCUT2D eigenvalue weighted by Gasteiger charge is 2.44. The number of halogens is 1. The fourth-order valence-corrected chi connectivity index (χ4v) is 4.40. The summed E-state index contributed by atoms with van der Waals surface area (Å²) in [4.78, 5) is 28.1. The predicted octanol–water partition coefficient (Wildman–Crippen LogP) is 5.38. The Hall–Kier alpha value is -4.43. The van der Waals surface area contributed by atoms with Gasteiger partial charge in [-0.05, 0) is 47.5 Å². The van der Waals surface area contributed by atoms with Gasteiger partial charge in [-0.1, -0.05) is 42.5 Å². The minimum atomic E-state index is -0.877. The normalized spacial score (nSPS) is 15.6. The Labute approximate surface area is 212 Å². The summed E-state index contributed by atoms with van der Waals surface area (Å²) in [5.74, 6) is -1.69. The molecule has 7 nitrogen and oxygen atoms in total. The zero-order valence-electron chi connectivity index (χ0n) is 20.0. The van der Waals surface area contributed by atoms with E-state index in [0.29, 0.717) is 16.9 Å². The number of hydrogen-bond acceptors (Lipinski definition) is 6. The Kier molecular flexibility index (Phi) is 6.74. The predicted molar refractivity (Wildman–Crippen MR) is 134 cm³/mol.